The summed E-state index contributed by atoms with van der Waals surface area (Å²) in [4.78, 5) is 0.0400. The standard InChI is InChI=1S/C11H9ClN2O2S/c1-7-3-8-5-9(6-13)14(2)11(8)10(4-7)17(12,15)16/h3-5H,1-2H3. The van der Waals surface area contributed by atoms with E-state index in [2.05, 4.69) is 0 Å². The van der Waals surface area contributed by atoms with Gasteiger partial charge in [-0.2, -0.15) is 5.26 Å². The van der Waals surface area contributed by atoms with Gasteiger partial charge < -0.3 is 4.57 Å². The van der Waals surface area contributed by atoms with E-state index in [-0.39, 0.29) is 4.90 Å². The summed E-state index contributed by atoms with van der Waals surface area (Å²) in [6, 6.07) is 6.98. The monoisotopic (exact) mass is 268 g/mol. The van der Waals surface area contributed by atoms with Crippen LogP contribution in [0.15, 0.2) is 23.1 Å². The number of hydrogen-bond acceptors (Lipinski definition) is 3. The van der Waals surface area contributed by atoms with Crippen LogP contribution in [0.4, 0.5) is 0 Å². The third kappa shape index (κ3) is 1.90. The van der Waals surface area contributed by atoms with Crippen molar-refractivity contribution in [2.75, 3.05) is 0 Å². The van der Waals surface area contributed by atoms with Crippen LogP contribution >= 0.6 is 10.7 Å². The summed E-state index contributed by atoms with van der Waals surface area (Å²) < 4.78 is 24.6. The average Bonchev–Trinajstić information content (AvgIpc) is 2.52. The highest BCUT2D eigenvalue weighted by atomic mass is 35.7. The SMILES string of the molecule is Cc1cc(S(=O)(=O)Cl)c2c(c1)cc(C#N)n2C. The van der Waals surface area contributed by atoms with E-state index in [1.54, 1.807) is 20.0 Å². The van der Waals surface area contributed by atoms with Gasteiger partial charge in [-0.25, -0.2) is 8.42 Å². The van der Waals surface area contributed by atoms with Crippen molar-refractivity contribution >= 4 is 30.6 Å². The van der Waals surface area contributed by atoms with Gasteiger partial charge in [-0.15, -0.1) is 0 Å². The van der Waals surface area contributed by atoms with Crippen LogP contribution in [0, 0.1) is 18.3 Å². The Bertz CT molecular complexity index is 754. The smallest absolute Gasteiger partial charge is 0.263 e. The number of hydrogen-bond donors (Lipinski definition) is 0. The molecule has 0 N–H and O–H groups in total. The lowest BCUT2D eigenvalue weighted by Gasteiger charge is -2.04. The van der Waals surface area contributed by atoms with Gasteiger partial charge in [0, 0.05) is 23.1 Å². The van der Waals surface area contributed by atoms with Crippen LogP contribution in [0.2, 0.25) is 0 Å². The van der Waals surface area contributed by atoms with Gasteiger partial charge in [-0.05, 0) is 30.7 Å². The molecule has 88 valence electrons. The Balaban J connectivity index is 3.04. The van der Waals surface area contributed by atoms with Crippen molar-refractivity contribution in [2.24, 2.45) is 7.05 Å². The van der Waals surface area contributed by atoms with Gasteiger partial charge in [-0.3, -0.25) is 0 Å². The van der Waals surface area contributed by atoms with Crippen molar-refractivity contribution in [2.45, 2.75) is 11.8 Å². The predicted molar refractivity (Wildman–Crippen MR) is 65.4 cm³/mol. The van der Waals surface area contributed by atoms with E-state index in [1.807, 2.05) is 12.1 Å². The largest absolute Gasteiger partial charge is 0.334 e. The molecule has 1 aromatic carbocycles. The Kier molecular flexibility index (Phi) is 2.64. The molecular formula is C11H9ClN2O2S. The number of fused-ring (bicyclic) bond motifs is 1. The zero-order valence-corrected chi connectivity index (χ0v) is 10.8. The van der Waals surface area contributed by atoms with Gasteiger partial charge in [0.05, 0.1) is 5.52 Å². The number of benzene rings is 1. The number of rotatable bonds is 1. The lowest BCUT2D eigenvalue weighted by molar-refractivity contribution is 0.610. The summed E-state index contributed by atoms with van der Waals surface area (Å²) in [7, 11) is 3.22. The van der Waals surface area contributed by atoms with Crippen molar-refractivity contribution < 1.29 is 8.42 Å². The molecule has 1 heterocycles. The third-order valence-electron chi connectivity index (χ3n) is 2.61. The van der Waals surface area contributed by atoms with Crippen LogP contribution in [0.3, 0.4) is 0 Å². The molecule has 0 aliphatic carbocycles. The molecule has 0 radical (unpaired) electrons. The van der Waals surface area contributed by atoms with Crippen LogP contribution in [-0.2, 0) is 16.1 Å². The molecule has 0 aliphatic heterocycles. The summed E-state index contributed by atoms with van der Waals surface area (Å²) in [5, 5.41) is 9.63. The molecule has 0 bridgehead atoms. The molecule has 0 saturated heterocycles. The molecule has 0 atom stereocenters. The van der Waals surface area contributed by atoms with E-state index in [9.17, 15) is 8.42 Å². The van der Waals surface area contributed by atoms with Crippen LogP contribution in [0.25, 0.3) is 10.9 Å². The Labute approximate surface area is 103 Å². The molecule has 0 saturated carbocycles. The predicted octanol–water partition coefficient (Wildman–Crippen LogP) is 2.29. The maximum atomic E-state index is 11.5. The van der Waals surface area contributed by atoms with Gasteiger partial charge in [0.2, 0.25) is 0 Å². The summed E-state index contributed by atoms with van der Waals surface area (Å²) in [6.07, 6.45) is 0. The topological polar surface area (TPSA) is 62.9 Å². The number of nitrogens with zero attached hydrogens (tertiary/aromatic N) is 2. The first-order valence-electron chi connectivity index (χ1n) is 4.79. The Morgan fingerprint density at radius 1 is 1.35 bits per heavy atom. The van der Waals surface area contributed by atoms with Crippen LogP contribution in [0.1, 0.15) is 11.3 Å². The van der Waals surface area contributed by atoms with Crippen LogP contribution in [0.5, 0.6) is 0 Å². The minimum absolute atomic E-state index is 0.0400. The highest BCUT2D eigenvalue weighted by Gasteiger charge is 2.19. The van der Waals surface area contributed by atoms with E-state index in [0.29, 0.717) is 16.6 Å². The molecular weight excluding hydrogens is 260 g/mol. The highest BCUT2D eigenvalue weighted by molar-refractivity contribution is 8.14. The van der Waals surface area contributed by atoms with Crippen LogP contribution < -0.4 is 0 Å². The summed E-state index contributed by atoms with van der Waals surface area (Å²) in [6.45, 7) is 1.78. The van der Waals surface area contributed by atoms with Gasteiger partial charge in [0.1, 0.15) is 16.7 Å². The number of aromatic nitrogens is 1. The number of aryl methyl sites for hydroxylation is 2. The Hall–Kier alpha value is -1.51. The normalized spacial score (nSPS) is 11.6. The molecule has 0 unspecified atom stereocenters. The molecule has 2 rings (SSSR count). The highest BCUT2D eigenvalue weighted by Crippen LogP contribution is 2.29. The molecule has 17 heavy (non-hydrogen) atoms. The number of nitriles is 1. The fourth-order valence-corrected chi connectivity index (χ4v) is 3.06. The van der Waals surface area contributed by atoms with Crippen molar-refractivity contribution in [1.82, 2.24) is 4.57 Å². The Morgan fingerprint density at radius 3 is 2.53 bits per heavy atom. The third-order valence-corrected chi connectivity index (χ3v) is 3.95. The molecule has 2 aromatic rings. The lowest BCUT2D eigenvalue weighted by atomic mass is 10.2. The van der Waals surface area contributed by atoms with Crippen LogP contribution in [-0.4, -0.2) is 13.0 Å². The van der Waals surface area contributed by atoms with Gasteiger partial charge in [0.25, 0.3) is 9.05 Å². The summed E-state index contributed by atoms with van der Waals surface area (Å²) in [5.74, 6) is 0. The second kappa shape index (κ2) is 3.76. The fourth-order valence-electron chi connectivity index (χ4n) is 1.90. The van der Waals surface area contributed by atoms with Crippen molar-refractivity contribution in [3.63, 3.8) is 0 Å². The first-order valence-corrected chi connectivity index (χ1v) is 7.10. The van der Waals surface area contributed by atoms with E-state index in [0.717, 1.165) is 5.56 Å². The Morgan fingerprint density at radius 2 is 2.00 bits per heavy atom. The number of halogens is 1. The zero-order valence-electron chi connectivity index (χ0n) is 9.23. The van der Waals surface area contributed by atoms with Gasteiger partial charge in [0.15, 0.2) is 0 Å². The minimum Gasteiger partial charge on any atom is -0.334 e. The van der Waals surface area contributed by atoms with E-state index in [1.165, 1.54) is 10.6 Å². The zero-order chi connectivity index (χ0) is 12.8. The van der Waals surface area contributed by atoms with E-state index >= 15 is 0 Å². The maximum absolute atomic E-state index is 11.5. The first kappa shape index (κ1) is 12.0. The average molecular weight is 269 g/mol. The molecule has 0 aliphatic rings. The second-order valence-electron chi connectivity index (χ2n) is 3.84. The molecule has 0 spiro atoms. The van der Waals surface area contributed by atoms with Crippen molar-refractivity contribution in [3.05, 3.63) is 29.5 Å². The molecule has 0 amide bonds. The van der Waals surface area contributed by atoms with E-state index in [4.69, 9.17) is 15.9 Å². The maximum Gasteiger partial charge on any atom is 0.263 e. The second-order valence-corrected chi connectivity index (χ2v) is 6.37. The first-order chi connectivity index (χ1) is 7.84. The quantitative estimate of drug-likeness (QED) is 0.746. The molecule has 4 nitrogen and oxygen atoms in total. The van der Waals surface area contributed by atoms with Crippen molar-refractivity contribution in [3.8, 4) is 6.07 Å². The van der Waals surface area contributed by atoms with Crippen molar-refractivity contribution in [1.29, 1.82) is 5.26 Å². The summed E-state index contributed by atoms with van der Waals surface area (Å²) in [5.41, 5.74) is 1.64. The summed E-state index contributed by atoms with van der Waals surface area (Å²) >= 11 is 0. The molecule has 0 fully saturated rings. The molecule has 6 heteroatoms. The minimum atomic E-state index is -3.83. The van der Waals surface area contributed by atoms with Gasteiger partial charge >= 0.3 is 0 Å². The lowest BCUT2D eigenvalue weighted by Crippen LogP contribution is -1.98. The molecule has 1 aromatic heterocycles. The van der Waals surface area contributed by atoms with Gasteiger partial charge in [-0.1, -0.05) is 0 Å². The van der Waals surface area contributed by atoms with E-state index < -0.39 is 9.05 Å². The fraction of sp³-hybridized carbons (Fsp3) is 0.182.